The van der Waals surface area contributed by atoms with Crippen molar-refractivity contribution in [3.05, 3.63) is 129 Å². The Morgan fingerprint density at radius 1 is 0.825 bits per heavy atom. The van der Waals surface area contributed by atoms with Gasteiger partial charge in [-0.1, -0.05) is 57.9 Å². The van der Waals surface area contributed by atoms with E-state index in [0.29, 0.717) is 22.0 Å². The fourth-order valence-electron chi connectivity index (χ4n) is 3.56. The first-order chi connectivity index (χ1) is 19.3. The number of thioether (sulfide) groups is 1. The monoisotopic (exact) mass is 633 g/mol. The Morgan fingerprint density at radius 2 is 1.48 bits per heavy atom. The van der Waals surface area contributed by atoms with Crippen LogP contribution in [0.1, 0.15) is 22.8 Å². The molecule has 0 saturated heterocycles. The molecule has 6 nitrogen and oxygen atoms in total. The van der Waals surface area contributed by atoms with Gasteiger partial charge in [-0.25, -0.2) is 0 Å². The first kappa shape index (κ1) is 29.1. The molecule has 3 N–H and O–H groups in total. The van der Waals surface area contributed by atoms with Gasteiger partial charge in [-0.2, -0.15) is 0 Å². The van der Waals surface area contributed by atoms with Crippen LogP contribution in [-0.2, 0) is 9.59 Å². The van der Waals surface area contributed by atoms with Crippen molar-refractivity contribution < 1.29 is 14.4 Å². The summed E-state index contributed by atoms with van der Waals surface area (Å²) in [6.07, 6.45) is 1.62. The summed E-state index contributed by atoms with van der Waals surface area (Å²) in [5.74, 6) is -1.00. The molecule has 0 aliphatic heterocycles. The maximum absolute atomic E-state index is 13.2. The van der Waals surface area contributed by atoms with Gasteiger partial charge in [0.2, 0.25) is 5.91 Å². The van der Waals surface area contributed by atoms with Gasteiger partial charge in [0.25, 0.3) is 11.8 Å². The molecule has 4 aromatic rings. The Labute approximate surface area is 250 Å². The third kappa shape index (κ3) is 8.58. The number of anilines is 2. The Balaban J connectivity index is 1.42. The molecule has 0 bridgehead atoms. The molecule has 0 aliphatic rings. The van der Waals surface area contributed by atoms with E-state index in [-0.39, 0.29) is 16.9 Å². The first-order valence-corrected chi connectivity index (χ1v) is 14.3. The fraction of sp³-hybridized carbons (Fsp3) is 0.0645. The summed E-state index contributed by atoms with van der Waals surface area (Å²) in [5, 5.41) is 8.69. The van der Waals surface area contributed by atoms with E-state index in [1.807, 2.05) is 49.4 Å². The highest BCUT2D eigenvalue weighted by Crippen LogP contribution is 2.26. The lowest BCUT2D eigenvalue weighted by molar-refractivity contribution is -0.115. The average molecular weight is 635 g/mol. The summed E-state index contributed by atoms with van der Waals surface area (Å²) >= 11 is 10.7. The van der Waals surface area contributed by atoms with Crippen LogP contribution in [0.25, 0.3) is 6.08 Å². The molecule has 0 spiro atoms. The molecule has 3 amide bonds. The van der Waals surface area contributed by atoms with E-state index in [0.717, 1.165) is 14.9 Å². The van der Waals surface area contributed by atoms with Gasteiger partial charge in [0, 0.05) is 31.3 Å². The normalized spacial score (nSPS) is 11.8. The maximum atomic E-state index is 13.2. The Morgan fingerprint density at radius 3 is 2.15 bits per heavy atom. The van der Waals surface area contributed by atoms with Crippen molar-refractivity contribution in [1.29, 1.82) is 0 Å². The zero-order valence-corrected chi connectivity index (χ0v) is 24.5. The molecule has 0 saturated carbocycles. The third-order valence-electron chi connectivity index (χ3n) is 5.59. The van der Waals surface area contributed by atoms with Crippen LogP contribution in [0.3, 0.4) is 0 Å². The van der Waals surface area contributed by atoms with Crippen LogP contribution in [0.2, 0.25) is 5.02 Å². The highest BCUT2D eigenvalue weighted by Gasteiger charge is 2.17. The van der Waals surface area contributed by atoms with E-state index in [1.54, 1.807) is 66.7 Å². The molecule has 1 unspecified atom stereocenters. The Bertz CT molecular complexity index is 1530. The van der Waals surface area contributed by atoms with E-state index in [9.17, 15) is 14.4 Å². The predicted molar refractivity (Wildman–Crippen MR) is 166 cm³/mol. The number of halogens is 2. The van der Waals surface area contributed by atoms with E-state index in [2.05, 4.69) is 31.9 Å². The number of benzene rings is 4. The molecule has 9 heteroatoms. The minimum absolute atomic E-state index is 0.0953. The van der Waals surface area contributed by atoms with Crippen molar-refractivity contribution >= 4 is 74.5 Å². The van der Waals surface area contributed by atoms with Crippen molar-refractivity contribution in [3.63, 3.8) is 0 Å². The number of amides is 3. The topological polar surface area (TPSA) is 87.3 Å². The van der Waals surface area contributed by atoms with Crippen molar-refractivity contribution in [1.82, 2.24) is 5.32 Å². The molecule has 4 aromatic carbocycles. The molecular weight excluding hydrogens is 610 g/mol. The molecule has 0 fully saturated rings. The average Bonchev–Trinajstić information content (AvgIpc) is 2.95. The minimum Gasteiger partial charge on any atom is -0.325 e. The SMILES string of the molecule is CC(Sc1ccc(NC(=O)/C(=C/c2cccc(Br)c2)NC(=O)c2ccccc2)cc1)C(=O)Nc1ccc(Cl)cc1. The Kier molecular flexibility index (Phi) is 10.2. The fourth-order valence-corrected chi connectivity index (χ4v) is 4.97. The van der Waals surface area contributed by atoms with Gasteiger partial charge in [-0.05, 0) is 91.4 Å². The van der Waals surface area contributed by atoms with Crippen LogP contribution in [0.4, 0.5) is 11.4 Å². The number of hydrogen-bond donors (Lipinski definition) is 3. The number of hydrogen-bond acceptors (Lipinski definition) is 4. The van der Waals surface area contributed by atoms with Gasteiger partial charge in [-0.15, -0.1) is 11.8 Å². The van der Waals surface area contributed by atoms with Gasteiger partial charge in [-0.3, -0.25) is 14.4 Å². The summed E-state index contributed by atoms with van der Waals surface area (Å²) in [5.41, 5.74) is 2.49. The second kappa shape index (κ2) is 14.0. The summed E-state index contributed by atoms with van der Waals surface area (Å²) in [6.45, 7) is 1.82. The van der Waals surface area contributed by atoms with Crippen molar-refractivity contribution in [2.75, 3.05) is 10.6 Å². The van der Waals surface area contributed by atoms with Gasteiger partial charge >= 0.3 is 0 Å². The first-order valence-electron chi connectivity index (χ1n) is 12.2. The highest BCUT2D eigenvalue weighted by atomic mass is 79.9. The van der Waals surface area contributed by atoms with Crippen LogP contribution in [0.5, 0.6) is 0 Å². The lowest BCUT2D eigenvalue weighted by Crippen LogP contribution is -2.30. The minimum atomic E-state index is -0.472. The zero-order chi connectivity index (χ0) is 28.5. The van der Waals surface area contributed by atoms with Crippen molar-refractivity contribution in [3.8, 4) is 0 Å². The second-order valence-electron chi connectivity index (χ2n) is 8.67. The van der Waals surface area contributed by atoms with Gasteiger partial charge < -0.3 is 16.0 Å². The maximum Gasteiger partial charge on any atom is 0.272 e. The molecule has 1 atom stereocenters. The lowest BCUT2D eigenvalue weighted by Gasteiger charge is -2.14. The predicted octanol–water partition coefficient (Wildman–Crippen LogP) is 7.63. The van der Waals surface area contributed by atoms with Gasteiger partial charge in [0.15, 0.2) is 0 Å². The van der Waals surface area contributed by atoms with E-state index in [4.69, 9.17) is 11.6 Å². The van der Waals surface area contributed by atoms with Crippen molar-refractivity contribution in [2.24, 2.45) is 0 Å². The van der Waals surface area contributed by atoms with Crippen LogP contribution >= 0.6 is 39.3 Å². The summed E-state index contributed by atoms with van der Waals surface area (Å²) < 4.78 is 0.847. The molecule has 0 radical (unpaired) electrons. The van der Waals surface area contributed by atoms with Crippen LogP contribution in [-0.4, -0.2) is 23.0 Å². The van der Waals surface area contributed by atoms with E-state index >= 15 is 0 Å². The smallest absolute Gasteiger partial charge is 0.272 e. The molecule has 0 aromatic heterocycles. The van der Waals surface area contributed by atoms with Crippen molar-refractivity contribution in [2.45, 2.75) is 17.1 Å². The largest absolute Gasteiger partial charge is 0.325 e. The van der Waals surface area contributed by atoms with Crippen LogP contribution in [0, 0.1) is 0 Å². The molecule has 0 heterocycles. The quantitative estimate of drug-likeness (QED) is 0.131. The van der Waals surface area contributed by atoms with E-state index < -0.39 is 11.8 Å². The van der Waals surface area contributed by atoms with Gasteiger partial charge in [0.1, 0.15) is 5.70 Å². The second-order valence-corrected chi connectivity index (χ2v) is 11.4. The zero-order valence-electron chi connectivity index (χ0n) is 21.4. The molecule has 0 aliphatic carbocycles. The molecule has 4 rings (SSSR count). The molecule has 202 valence electrons. The number of carbonyl (C=O) groups excluding carboxylic acids is 3. The number of rotatable bonds is 9. The number of nitrogens with one attached hydrogen (secondary N) is 3. The van der Waals surface area contributed by atoms with Crippen LogP contribution < -0.4 is 16.0 Å². The molecule has 40 heavy (non-hydrogen) atoms. The van der Waals surface area contributed by atoms with Crippen LogP contribution in [0.15, 0.2) is 118 Å². The summed E-state index contributed by atoms with van der Waals surface area (Å²) in [4.78, 5) is 39.5. The third-order valence-corrected chi connectivity index (χ3v) is 7.45. The van der Waals surface area contributed by atoms with Gasteiger partial charge in [0.05, 0.1) is 5.25 Å². The highest BCUT2D eigenvalue weighted by molar-refractivity contribution is 9.10. The summed E-state index contributed by atoms with van der Waals surface area (Å²) in [7, 11) is 0. The molecular formula is C31H25BrClN3O3S. The lowest BCUT2D eigenvalue weighted by atomic mass is 10.1. The standard InChI is InChI=1S/C31H25BrClN3O3S/c1-20(29(37)34-25-12-10-24(33)11-13-25)40-27-16-14-26(15-17-27)35-31(39)28(19-21-6-5-9-23(32)18-21)36-30(38)22-7-3-2-4-8-22/h2-20H,1H3,(H,34,37)(H,35,39)(H,36,38)/b28-19-. The van der Waals surface area contributed by atoms with E-state index in [1.165, 1.54) is 11.8 Å². The number of carbonyl (C=O) groups is 3. The summed E-state index contributed by atoms with van der Waals surface area (Å²) in [6, 6.07) is 30.2. The Hall–Kier alpha value is -3.85.